The monoisotopic (exact) mass is 179 g/mol. The summed E-state index contributed by atoms with van der Waals surface area (Å²) in [5, 5.41) is 0. The first-order chi connectivity index (χ1) is 4.86. The van der Waals surface area contributed by atoms with Gasteiger partial charge >= 0.3 is 0 Å². The number of hydrogen-bond donors (Lipinski definition) is 1. The van der Waals surface area contributed by atoms with Crippen molar-refractivity contribution in [2.24, 2.45) is 11.7 Å². The Balaban J connectivity index is 0.000001000. The average molecular weight is 180 g/mol. The molecule has 0 bridgehead atoms. The number of rotatable bonds is 4. The molecule has 0 aromatic carbocycles. The van der Waals surface area contributed by atoms with E-state index in [2.05, 4.69) is 0 Å². The van der Waals surface area contributed by atoms with Crippen LogP contribution in [0.25, 0.3) is 0 Å². The van der Waals surface area contributed by atoms with E-state index < -0.39 is 0 Å². The lowest BCUT2D eigenvalue weighted by Gasteiger charge is -2.28. The third-order valence-corrected chi connectivity index (χ3v) is 2.42. The van der Waals surface area contributed by atoms with Crippen molar-refractivity contribution in [3.8, 4) is 0 Å². The normalized spacial score (nSPS) is 20.2. The highest BCUT2D eigenvalue weighted by atomic mass is 35.5. The molecule has 0 amide bonds. The Labute approximate surface area is 74.9 Å². The Morgan fingerprint density at radius 3 is 2.45 bits per heavy atom. The molecule has 0 aliphatic heterocycles. The summed E-state index contributed by atoms with van der Waals surface area (Å²) in [4.78, 5) is 0. The minimum atomic E-state index is 0. The number of methoxy groups -OCH3 is 1. The molecule has 1 fully saturated rings. The summed E-state index contributed by atoms with van der Waals surface area (Å²) in [7, 11) is 1.75. The number of ether oxygens (including phenoxy) is 1. The fourth-order valence-electron chi connectivity index (χ4n) is 1.39. The summed E-state index contributed by atoms with van der Waals surface area (Å²) in [6.07, 6.45) is 5.67. The summed E-state index contributed by atoms with van der Waals surface area (Å²) in [6, 6.07) is 0. The molecule has 1 unspecified atom stereocenters. The van der Waals surface area contributed by atoms with Gasteiger partial charge in [-0.1, -0.05) is 19.3 Å². The van der Waals surface area contributed by atoms with Gasteiger partial charge in [0, 0.05) is 13.7 Å². The molecule has 1 rings (SSSR count). The van der Waals surface area contributed by atoms with Crippen molar-refractivity contribution in [3.05, 3.63) is 0 Å². The van der Waals surface area contributed by atoms with Crippen LogP contribution >= 0.6 is 12.4 Å². The Morgan fingerprint density at radius 2 is 2.18 bits per heavy atom. The molecule has 68 valence electrons. The Morgan fingerprint density at radius 1 is 1.55 bits per heavy atom. The van der Waals surface area contributed by atoms with Gasteiger partial charge in [0.25, 0.3) is 0 Å². The highest BCUT2D eigenvalue weighted by Gasteiger charge is 2.20. The fraction of sp³-hybridized carbons (Fsp3) is 1.00. The van der Waals surface area contributed by atoms with Crippen molar-refractivity contribution < 1.29 is 4.74 Å². The zero-order chi connectivity index (χ0) is 7.40. The predicted molar refractivity (Wildman–Crippen MR) is 49.1 cm³/mol. The van der Waals surface area contributed by atoms with Crippen molar-refractivity contribution in [3.63, 3.8) is 0 Å². The van der Waals surface area contributed by atoms with Crippen molar-refractivity contribution in [2.45, 2.75) is 31.8 Å². The molecular weight excluding hydrogens is 162 g/mol. The summed E-state index contributed by atoms with van der Waals surface area (Å²) >= 11 is 0. The number of hydrogen-bond acceptors (Lipinski definition) is 2. The second-order valence-corrected chi connectivity index (χ2v) is 3.13. The number of nitrogens with two attached hydrogens (primary N) is 1. The minimum absolute atomic E-state index is 0. The smallest absolute Gasteiger partial charge is 0.0696 e. The molecule has 1 aliphatic rings. The van der Waals surface area contributed by atoms with Crippen molar-refractivity contribution in [1.29, 1.82) is 0 Å². The maximum atomic E-state index is 5.49. The number of halogens is 1. The van der Waals surface area contributed by atoms with Crippen LogP contribution in [0.4, 0.5) is 0 Å². The summed E-state index contributed by atoms with van der Waals surface area (Å²) < 4.78 is 5.18. The Hall–Kier alpha value is 0.210. The first-order valence-corrected chi connectivity index (χ1v) is 4.09. The van der Waals surface area contributed by atoms with Crippen LogP contribution in [0.2, 0.25) is 0 Å². The van der Waals surface area contributed by atoms with Gasteiger partial charge in [0.1, 0.15) is 0 Å². The lowest BCUT2D eigenvalue weighted by atomic mass is 9.81. The van der Waals surface area contributed by atoms with E-state index in [4.69, 9.17) is 10.5 Å². The first kappa shape index (κ1) is 11.2. The zero-order valence-corrected chi connectivity index (χ0v) is 7.90. The predicted octanol–water partition coefficient (Wildman–Crippen LogP) is 1.57. The summed E-state index contributed by atoms with van der Waals surface area (Å²) in [5.41, 5.74) is 5.49. The maximum Gasteiger partial charge on any atom is 0.0696 e. The second kappa shape index (κ2) is 5.81. The minimum Gasteiger partial charge on any atom is -0.380 e. The highest BCUT2D eigenvalue weighted by molar-refractivity contribution is 5.85. The fourth-order valence-corrected chi connectivity index (χ4v) is 1.39. The van der Waals surface area contributed by atoms with E-state index in [9.17, 15) is 0 Å². The molecule has 0 aromatic rings. The molecule has 0 aromatic heterocycles. The topological polar surface area (TPSA) is 35.2 Å². The molecule has 0 radical (unpaired) electrons. The van der Waals surface area contributed by atoms with Gasteiger partial charge in [0.15, 0.2) is 0 Å². The van der Waals surface area contributed by atoms with E-state index in [1.54, 1.807) is 7.11 Å². The van der Waals surface area contributed by atoms with Crippen LogP contribution in [0.3, 0.4) is 0 Å². The van der Waals surface area contributed by atoms with E-state index in [0.29, 0.717) is 12.6 Å². The summed E-state index contributed by atoms with van der Waals surface area (Å²) in [5.74, 6) is 0.911. The molecule has 1 atom stereocenters. The van der Waals surface area contributed by atoms with Crippen molar-refractivity contribution in [2.75, 3.05) is 13.7 Å². The van der Waals surface area contributed by atoms with Crippen molar-refractivity contribution >= 4 is 12.4 Å². The van der Waals surface area contributed by atoms with Crippen LogP contribution in [0, 0.1) is 5.92 Å². The molecule has 11 heavy (non-hydrogen) atoms. The third-order valence-electron chi connectivity index (χ3n) is 2.42. The van der Waals surface area contributed by atoms with Gasteiger partial charge in [-0.3, -0.25) is 0 Å². The second-order valence-electron chi connectivity index (χ2n) is 3.13. The van der Waals surface area contributed by atoms with Gasteiger partial charge in [-0.15, -0.1) is 12.4 Å². The van der Waals surface area contributed by atoms with Gasteiger partial charge in [-0.05, 0) is 12.3 Å². The van der Waals surface area contributed by atoms with Crippen LogP contribution in [-0.4, -0.2) is 19.8 Å². The van der Waals surface area contributed by atoms with Crippen LogP contribution in [0.5, 0.6) is 0 Å². The van der Waals surface area contributed by atoms with Crippen LogP contribution in [-0.2, 0) is 4.74 Å². The largest absolute Gasteiger partial charge is 0.380 e. The first-order valence-electron chi connectivity index (χ1n) is 4.09. The van der Waals surface area contributed by atoms with E-state index in [0.717, 1.165) is 5.92 Å². The molecular formula is C8H18ClNO. The van der Waals surface area contributed by atoms with E-state index in [-0.39, 0.29) is 12.4 Å². The standard InChI is InChI=1S/C8H17NO.ClH/c1-10-8(6-9)5-7-3-2-4-7;/h7-8H,2-6,9H2,1H3;1H. The van der Waals surface area contributed by atoms with E-state index >= 15 is 0 Å². The maximum absolute atomic E-state index is 5.49. The molecule has 2 nitrogen and oxygen atoms in total. The highest BCUT2D eigenvalue weighted by Crippen LogP contribution is 2.30. The van der Waals surface area contributed by atoms with E-state index in [1.165, 1.54) is 25.7 Å². The lowest BCUT2D eigenvalue weighted by molar-refractivity contribution is 0.0721. The zero-order valence-electron chi connectivity index (χ0n) is 7.08. The van der Waals surface area contributed by atoms with Gasteiger partial charge in [0.2, 0.25) is 0 Å². The molecule has 2 N–H and O–H groups in total. The quantitative estimate of drug-likeness (QED) is 0.711. The molecule has 0 saturated heterocycles. The van der Waals surface area contributed by atoms with Crippen LogP contribution in [0.15, 0.2) is 0 Å². The van der Waals surface area contributed by atoms with E-state index in [1.807, 2.05) is 0 Å². The van der Waals surface area contributed by atoms with Crippen LogP contribution < -0.4 is 5.73 Å². The average Bonchev–Trinajstić information content (AvgIpc) is 1.87. The molecule has 3 heteroatoms. The van der Waals surface area contributed by atoms with Gasteiger partial charge in [-0.2, -0.15) is 0 Å². The molecule has 1 saturated carbocycles. The lowest BCUT2D eigenvalue weighted by Crippen LogP contribution is -2.27. The van der Waals surface area contributed by atoms with Gasteiger partial charge in [0.05, 0.1) is 6.10 Å². The van der Waals surface area contributed by atoms with Crippen LogP contribution in [0.1, 0.15) is 25.7 Å². The Kier molecular flexibility index (Phi) is 5.92. The molecule has 0 spiro atoms. The Bertz CT molecular complexity index is 92.1. The van der Waals surface area contributed by atoms with Gasteiger partial charge in [-0.25, -0.2) is 0 Å². The van der Waals surface area contributed by atoms with Crippen molar-refractivity contribution in [1.82, 2.24) is 0 Å². The summed E-state index contributed by atoms with van der Waals surface area (Å²) in [6.45, 7) is 0.674. The molecule has 1 aliphatic carbocycles. The molecule has 0 heterocycles. The third kappa shape index (κ3) is 3.41. The van der Waals surface area contributed by atoms with Gasteiger partial charge < -0.3 is 10.5 Å². The SMILES string of the molecule is COC(CN)CC1CCC1.Cl.